The van der Waals surface area contributed by atoms with Gasteiger partial charge in [0.05, 0.1) is 14.2 Å². The van der Waals surface area contributed by atoms with E-state index in [1.807, 2.05) is 48.5 Å². The van der Waals surface area contributed by atoms with Gasteiger partial charge < -0.3 is 19.5 Å². The van der Waals surface area contributed by atoms with Crippen LogP contribution in [0.1, 0.15) is 16.7 Å². The van der Waals surface area contributed by atoms with Gasteiger partial charge in [0.1, 0.15) is 12.4 Å². The lowest BCUT2D eigenvalue weighted by Crippen LogP contribution is -2.16. The molecule has 3 rings (SSSR count). The van der Waals surface area contributed by atoms with E-state index in [1.165, 1.54) is 11.1 Å². The largest absolute Gasteiger partial charge is 0.493 e. The fraction of sp³-hybridized carbons (Fsp3) is 0.250. The highest BCUT2D eigenvalue weighted by Crippen LogP contribution is 2.27. The summed E-state index contributed by atoms with van der Waals surface area (Å²) in [6, 6.07) is 21.9. The van der Waals surface area contributed by atoms with E-state index in [1.54, 1.807) is 14.2 Å². The maximum atomic E-state index is 6.19. The Morgan fingerprint density at radius 3 is 2.45 bits per heavy atom. The number of hydrogen-bond acceptors (Lipinski definition) is 4. The van der Waals surface area contributed by atoms with E-state index in [-0.39, 0.29) is 0 Å². The van der Waals surface area contributed by atoms with E-state index in [4.69, 9.17) is 25.8 Å². The maximum Gasteiger partial charge on any atom is 0.160 e. The van der Waals surface area contributed by atoms with Crippen LogP contribution in [0.15, 0.2) is 66.7 Å². The molecule has 5 heteroatoms. The molecule has 3 aromatic rings. The molecule has 0 amide bonds. The molecule has 1 N–H and O–H groups in total. The van der Waals surface area contributed by atoms with Crippen molar-refractivity contribution in [3.8, 4) is 17.2 Å². The molecule has 3 aromatic carbocycles. The Hall–Kier alpha value is -2.69. The van der Waals surface area contributed by atoms with Gasteiger partial charge in [0.2, 0.25) is 0 Å². The molecule has 0 bridgehead atoms. The van der Waals surface area contributed by atoms with Crippen LogP contribution in [0.5, 0.6) is 17.2 Å². The summed E-state index contributed by atoms with van der Waals surface area (Å²) in [7, 11) is 3.30. The van der Waals surface area contributed by atoms with Gasteiger partial charge in [-0.1, -0.05) is 48.0 Å². The van der Waals surface area contributed by atoms with Gasteiger partial charge in [-0.3, -0.25) is 0 Å². The van der Waals surface area contributed by atoms with E-state index in [0.717, 1.165) is 47.3 Å². The molecule has 0 aliphatic heterocycles. The molecule has 0 aliphatic carbocycles. The summed E-state index contributed by atoms with van der Waals surface area (Å²) in [6.45, 7) is 2.09. The Balaban J connectivity index is 1.47. The average Bonchev–Trinajstić information content (AvgIpc) is 2.76. The number of ether oxygens (including phenoxy) is 3. The molecule has 0 spiro atoms. The zero-order chi connectivity index (χ0) is 20.5. The molecule has 0 fully saturated rings. The van der Waals surface area contributed by atoms with Gasteiger partial charge in [0.15, 0.2) is 11.5 Å². The van der Waals surface area contributed by atoms with Gasteiger partial charge in [-0.15, -0.1) is 0 Å². The zero-order valence-corrected chi connectivity index (χ0v) is 17.5. The van der Waals surface area contributed by atoms with Crippen LogP contribution < -0.4 is 19.5 Å². The SMILES string of the molecule is COc1ccc(CCNCc2cccc(OCc3ccccc3Cl)c2)cc1OC. The number of nitrogens with one attached hydrogen (secondary N) is 1. The topological polar surface area (TPSA) is 39.7 Å². The van der Waals surface area contributed by atoms with E-state index in [0.29, 0.717) is 6.61 Å². The molecule has 4 nitrogen and oxygen atoms in total. The van der Waals surface area contributed by atoms with Crippen molar-refractivity contribution >= 4 is 11.6 Å². The Morgan fingerprint density at radius 1 is 0.828 bits per heavy atom. The number of methoxy groups -OCH3 is 2. The predicted octanol–water partition coefficient (Wildman–Crippen LogP) is 5.27. The van der Waals surface area contributed by atoms with Crippen LogP contribution in [-0.4, -0.2) is 20.8 Å². The lowest BCUT2D eigenvalue weighted by Gasteiger charge is -2.11. The molecule has 0 radical (unpaired) electrons. The highest BCUT2D eigenvalue weighted by molar-refractivity contribution is 6.31. The molecule has 29 heavy (non-hydrogen) atoms. The van der Waals surface area contributed by atoms with Gasteiger partial charge in [-0.05, 0) is 54.4 Å². The van der Waals surface area contributed by atoms with E-state index in [2.05, 4.69) is 23.5 Å². The van der Waals surface area contributed by atoms with E-state index < -0.39 is 0 Å². The minimum Gasteiger partial charge on any atom is -0.493 e. The lowest BCUT2D eigenvalue weighted by molar-refractivity contribution is 0.306. The van der Waals surface area contributed by atoms with E-state index in [9.17, 15) is 0 Å². The van der Waals surface area contributed by atoms with Gasteiger partial charge in [-0.25, -0.2) is 0 Å². The summed E-state index contributed by atoms with van der Waals surface area (Å²) in [5.74, 6) is 2.34. The van der Waals surface area contributed by atoms with Crippen molar-refractivity contribution in [3.05, 3.63) is 88.4 Å². The smallest absolute Gasteiger partial charge is 0.160 e. The first-order valence-corrected chi connectivity index (χ1v) is 9.94. The summed E-state index contributed by atoms with van der Waals surface area (Å²) < 4.78 is 16.5. The third-order valence-corrected chi connectivity index (χ3v) is 4.99. The average molecular weight is 412 g/mol. The van der Waals surface area contributed by atoms with Crippen molar-refractivity contribution in [1.29, 1.82) is 0 Å². The second-order valence-corrected chi connectivity index (χ2v) is 7.05. The van der Waals surface area contributed by atoms with Crippen LogP contribution in [0.4, 0.5) is 0 Å². The third kappa shape index (κ3) is 6.14. The highest BCUT2D eigenvalue weighted by Gasteiger charge is 2.05. The Labute approximate surface area is 177 Å². The third-order valence-electron chi connectivity index (χ3n) is 4.62. The number of hydrogen-bond donors (Lipinski definition) is 1. The fourth-order valence-electron chi connectivity index (χ4n) is 3.02. The lowest BCUT2D eigenvalue weighted by atomic mass is 10.1. The number of rotatable bonds is 10. The minimum absolute atomic E-state index is 0.454. The molecule has 0 unspecified atom stereocenters. The first kappa shape index (κ1) is 21.0. The molecule has 0 saturated carbocycles. The highest BCUT2D eigenvalue weighted by atomic mass is 35.5. The molecule has 0 saturated heterocycles. The van der Waals surface area contributed by atoms with E-state index >= 15 is 0 Å². The zero-order valence-electron chi connectivity index (χ0n) is 16.8. The van der Waals surface area contributed by atoms with Crippen molar-refractivity contribution in [2.45, 2.75) is 19.6 Å². The van der Waals surface area contributed by atoms with Crippen LogP contribution >= 0.6 is 11.6 Å². The van der Waals surface area contributed by atoms with Gasteiger partial charge in [0.25, 0.3) is 0 Å². The molecule has 0 heterocycles. The molecule has 0 atom stereocenters. The van der Waals surface area contributed by atoms with Crippen LogP contribution in [0, 0.1) is 0 Å². The number of benzene rings is 3. The van der Waals surface area contributed by atoms with Gasteiger partial charge >= 0.3 is 0 Å². The standard InChI is InChI=1S/C24H26ClNO3/c1-27-23-11-10-18(15-24(23)28-2)12-13-26-16-19-6-5-8-21(14-19)29-17-20-7-3-4-9-22(20)25/h3-11,14-15,26H,12-13,16-17H2,1-2H3. The molecule has 152 valence electrons. The molecule has 0 aromatic heterocycles. The van der Waals surface area contributed by atoms with Gasteiger partial charge in [-0.2, -0.15) is 0 Å². The fourth-order valence-corrected chi connectivity index (χ4v) is 3.21. The Morgan fingerprint density at radius 2 is 1.66 bits per heavy atom. The molecular weight excluding hydrogens is 386 g/mol. The van der Waals surface area contributed by atoms with Crippen LogP contribution in [0.25, 0.3) is 0 Å². The number of halogens is 1. The van der Waals surface area contributed by atoms with Gasteiger partial charge in [0, 0.05) is 17.1 Å². The van der Waals surface area contributed by atoms with Crippen LogP contribution in [0.2, 0.25) is 5.02 Å². The van der Waals surface area contributed by atoms with Crippen molar-refractivity contribution in [2.24, 2.45) is 0 Å². The minimum atomic E-state index is 0.454. The summed E-state index contributed by atoms with van der Waals surface area (Å²) in [6.07, 6.45) is 0.906. The first-order valence-electron chi connectivity index (χ1n) is 9.56. The molecule has 0 aliphatic rings. The van der Waals surface area contributed by atoms with Crippen molar-refractivity contribution in [1.82, 2.24) is 5.32 Å². The summed E-state index contributed by atoms with van der Waals surface area (Å²) in [5, 5.41) is 4.20. The second kappa shape index (κ2) is 10.7. The maximum absolute atomic E-state index is 6.19. The Kier molecular flexibility index (Phi) is 7.79. The summed E-state index contributed by atoms with van der Waals surface area (Å²) >= 11 is 6.19. The van der Waals surface area contributed by atoms with Crippen molar-refractivity contribution in [2.75, 3.05) is 20.8 Å². The van der Waals surface area contributed by atoms with Crippen molar-refractivity contribution in [3.63, 3.8) is 0 Å². The van der Waals surface area contributed by atoms with Crippen molar-refractivity contribution < 1.29 is 14.2 Å². The summed E-state index contributed by atoms with van der Waals surface area (Å²) in [5.41, 5.74) is 3.36. The summed E-state index contributed by atoms with van der Waals surface area (Å²) in [4.78, 5) is 0. The second-order valence-electron chi connectivity index (χ2n) is 6.64. The predicted molar refractivity (Wildman–Crippen MR) is 117 cm³/mol. The first-order chi connectivity index (χ1) is 14.2. The Bertz CT molecular complexity index is 930. The van der Waals surface area contributed by atoms with Crippen LogP contribution in [-0.2, 0) is 19.6 Å². The molecular formula is C24H26ClNO3. The normalized spacial score (nSPS) is 10.6. The monoisotopic (exact) mass is 411 g/mol. The quantitative estimate of drug-likeness (QED) is 0.461. The van der Waals surface area contributed by atoms with Crippen LogP contribution in [0.3, 0.4) is 0 Å².